The molecule has 2 nitrogen and oxygen atoms in total. The first-order valence-corrected chi connectivity index (χ1v) is 8.07. The Morgan fingerprint density at radius 3 is 2.52 bits per heavy atom. The molecule has 0 saturated carbocycles. The summed E-state index contributed by atoms with van der Waals surface area (Å²) in [5.41, 5.74) is 2.29. The van der Waals surface area contributed by atoms with Gasteiger partial charge < -0.3 is 10.1 Å². The van der Waals surface area contributed by atoms with Crippen LogP contribution in [0.2, 0.25) is 5.02 Å². The van der Waals surface area contributed by atoms with Gasteiger partial charge in [-0.2, -0.15) is 0 Å². The van der Waals surface area contributed by atoms with Crippen LogP contribution >= 0.6 is 27.5 Å². The highest BCUT2D eigenvalue weighted by atomic mass is 79.9. The summed E-state index contributed by atoms with van der Waals surface area (Å²) in [7, 11) is 1.95. The molecular formula is C17H19BrClNO. The largest absolute Gasteiger partial charge is 0.491 e. The van der Waals surface area contributed by atoms with Crippen molar-refractivity contribution in [3.63, 3.8) is 0 Å². The molecule has 1 atom stereocenters. The highest BCUT2D eigenvalue weighted by molar-refractivity contribution is 9.10. The second-order valence-electron chi connectivity index (χ2n) is 5.13. The summed E-state index contributed by atoms with van der Waals surface area (Å²) >= 11 is 9.61. The van der Waals surface area contributed by atoms with Gasteiger partial charge in [-0.15, -0.1) is 0 Å². The van der Waals surface area contributed by atoms with E-state index in [-0.39, 0.29) is 12.1 Å². The Labute approximate surface area is 139 Å². The van der Waals surface area contributed by atoms with Crippen molar-refractivity contribution in [3.8, 4) is 5.75 Å². The van der Waals surface area contributed by atoms with Gasteiger partial charge >= 0.3 is 0 Å². The third kappa shape index (κ3) is 4.22. The molecule has 2 rings (SSSR count). The lowest BCUT2D eigenvalue weighted by Gasteiger charge is -2.20. The fourth-order valence-electron chi connectivity index (χ4n) is 2.28. The smallest absolute Gasteiger partial charge is 0.120 e. The topological polar surface area (TPSA) is 21.3 Å². The molecule has 0 aromatic heterocycles. The van der Waals surface area contributed by atoms with Gasteiger partial charge in [-0.25, -0.2) is 0 Å². The van der Waals surface area contributed by atoms with Gasteiger partial charge in [-0.3, -0.25) is 0 Å². The molecule has 21 heavy (non-hydrogen) atoms. The third-order valence-corrected chi connectivity index (χ3v) is 4.05. The van der Waals surface area contributed by atoms with E-state index in [1.54, 1.807) is 0 Å². The van der Waals surface area contributed by atoms with Crippen LogP contribution in [-0.4, -0.2) is 13.2 Å². The molecule has 0 amide bonds. The number of rotatable bonds is 5. The molecule has 0 fully saturated rings. The van der Waals surface area contributed by atoms with E-state index in [4.69, 9.17) is 16.3 Å². The first-order chi connectivity index (χ1) is 10.0. The lowest BCUT2D eigenvalue weighted by Crippen LogP contribution is -2.18. The molecule has 112 valence electrons. The molecule has 2 aromatic rings. The predicted octanol–water partition coefficient (Wildman–Crippen LogP) is 5.20. The predicted molar refractivity (Wildman–Crippen MR) is 92.3 cm³/mol. The molecule has 0 radical (unpaired) electrons. The molecule has 0 heterocycles. The number of nitrogens with one attached hydrogen (secondary N) is 1. The quantitative estimate of drug-likeness (QED) is 0.783. The van der Waals surface area contributed by atoms with Crippen molar-refractivity contribution in [2.24, 2.45) is 0 Å². The number of hydrogen-bond acceptors (Lipinski definition) is 2. The Balaban J connectivity index is 2.37. The van der Waals surface area contributed by atoms with Gasteiger partial charge in [0.2, 0.25) is 0 Å². The summed E-state index contributed by atoms with van der Waals surface area (Å²) in [5, 5.41) is 4.07. The molecule has 0 aliphatic heterocycles. The Bertz CT molecular complexity index is 615. The summed E-state index contributed by atoms with van der Waals surface area (Å²) in [6, 6.07) is 14.1. The number of benzene rings is 2. The van der Waals surface area contributed by atoms with E-state index in [2.05, 4.69) is 33.4 Å². The molecule has 2 aromatic carbocycles. The standard InChI is InChI=1S/C17H19BrClNO/c1-11(2)21-14-6-4-5-12(9-14)17(20-3)15-8-7-13(19)10-16(15)18/h4-11,17,20H,1-3H3. The molecule has 0 bridgehead atoms. The maximum atomic E-state index is 6.02. The molecular weight excluding hydrogens is 350 g/mol. The van der Waals surface area contributed by atoms with Crippen LogP contribution in [0.1, 0.15) is 31.0 Å². The Kier molecular flexibility index (Phi) is 5.68. The lowest BCUT2D eigenvalue weighted by molar-refractivity contribution is 0.242. The van der Waals surface area contributed by atoms with E-state index in [0.29, 0.717) is 0 Å². The Hall–Kier alpha value is -1.03. The zero-order chi connectivity index (χ0) is 15.4. The van der Waals surface area contributed by atoms with Crippen molar-refractivity contribution < 1.29 is 4.74 Å². The van der Waals surface area contributed by atoms with Crippen LogP contribution < -0.4 is 10.1 Å². The summed E-state index contributed by atoms with van der Waals surface area (Å²) in [5.74, 6) is 0.882. The normalized spacial score (nSPS) is 12.5. The molecule has 0 saturated heterocycles. The zero-order valence-electron chi connectivity index (χ0n) is 12.4. The maximum Gasteiger partial charge on any atom is 0.120 e. The van der Waals surface area contributed by atoms with Crippen molar-refractivity contribution >= 4 is 27.5 Å². The monoisotopic (exact) mass is 367 g/mol. The molecule has 0 aliphatic rings. The first kappa shape index (κ1) is 16.3. The molecule has 1 unspecified atom stereocenters. The van der Waals surface area contributed by atoms with Crippen molar-refractivity contribution in [1.82, 2.24) is 5.32 Å². The van der Waals surface area contributed by atoms with Crippen molar-refractivity contribution in [1.29, 1.82) is 0 Å². The van der Waals surface area contributed by atoms with Gasteiger partial charge in [0.15, 0.2) is 0 Å². The zero-order valence-corrected chi connectivity index (χ0v) is 14.7. The van der Waals surface area contributed by atoms with E-state index in [1.165, 1.54) is 0 Å². The third-order valence-electron chi connectivity index (χ3n) is 3.13. The van der Waals surface area contributed by atoms with Crippen LogP contribution in [0.25, 0.3) is 0 Å². The first-order valence-electron chi connectivity index (χ1n) is 6.90. The van der Waals surface area contributed by atoms with Crippen LogP contribution in [0.4, 0.5) is 0 Å². The van der Waals surface area contributed by atoms with E-state index >= 15 is 0 Å². The van der Waals surface area contributed by atoms with Gasteiger partial charge in [0.1, 0.15) is 5.75 Å². The lowest BCUT2D eigenvalue weighted by atomic mass is 9.99. The Morgan fingerprint density at radius 1 is 1.14 bits per heavy atom. The van der Waals surface area contributed by atoms with Gasteiger partial charge in [0, 0.05) is 9.50 Å². The average molecular weight is 369 g/mol. The second-order valence-corrected chi connectivity index (χ2v) is 6.42. The number of halogens is 2. The van der Waals surface area contributed by atoms with E-state index in [1.807, 2.05) is 51.2 Å². The highest BCUT2D eigenvalue weighted by Gasteiger charge is 2.16. The SMILES string of the molecule is CNC(c1cccc(OC(C)C)c1)c1ccc(Cl)cc1Br. The van der Waals surface area contributed by atoms with Crippen molar-refractivity contribution in [3.05, 3.63) is 63.1 Å². The van der Waals surface area contributed by atoms with Gasteiger partial charge in [0.25, 0.3) is 0 Å². The molecule has 4 heteroatoms. The van der Waals surface area contributed by atoms with Gasteiger partial charge in [-0.05, 0) is 56.3 Å². The van der Waals surface area contributed by atoms with Gasteiger partial charge in [-0.1, -0.05) is 45.7 Å². The van der Waals surface area contributed by atoms with E-state index in [0.717, 1.165) is 26.4 Å². The maximum absolute atomic E-state index is 6.02. The van der Waals surface area contributed by atoms with Crippen LogP contribution in [0.5, 0.6) is 5.75 Å². The van der Waals surface area contributed by atoms with E-state index < -0.39 is 0 Å². The number of ether oxygens (including phenoxy) is 1. The Morgan fingerprint density at radius 2 is 1.90 bits per heavy atom. The van der Waals surface area contributed by atoms with Gasteiger partial charge in [0.05, 0.1) is 12.1 Å². The minimum atomic E-state index is 0.0763. The summed E-state index contributed by atoms with van der Waals surface area (Å²) in [6.45, 7) is 4.05. The molecule has 1 N–H and O–H groups in total. The van der Waals surface area contributed by atoms with E-state index in [9.17, 15) is 0 Å². The number of hydrogen-bond donors (Lipinski definition) is 1. The van der Waals surface area contributed by atoms with Crippen LogP contribution in [0, 0.1) is 0 Å². The van der Waals surface area contributed by atoms with Crippen LogP contribution in [0.15, 0.2) is 46.9 Å². The second kappa shape index (κ2) is 7.30. The fourth-order valence-corrected chi connectivity index (χ4v) is 3.19. The minimum absolute atomic E-state index is 0.0763. The minimum Gasteiger partial charge on any atom is -0.491 e. The average Bonchev–Trinajstić information content (AvgIpc) is 2.41. The molecule has 0 aliphatic carbocycles. The van der Waals surface area contributed by atoms with Crippen molar-refractivity contribution in [2.45, 2.75) is 26.0 Å². The molecule has 0 spiro atoms. The highest BCUT2D eigenvalue weighted by Crippen LogP contribution is 2.32. The van der Waals surface area contributed by atoms with Crippen molar-refractivity contribution in [2.75, 3.05) is 7.05 Å². The summed E-state index contributed by atoms with van der Waals surface area (Å²) in [4.78, 5) is 0. The summed E-state index contributed by atoms with van der Waals surface area (Å²) in [6.07, 6.45) is 0.163. The summed E-state index contributed by atoms with van der Waals surface area (Å²) < 4.78 is 6.76. The van der Waals surface area contributed by atoms with Crippen LogP contribution in [0.3, 0.4) is 0 Å². The van der Waals surface area contributed by atoms with Crippen LogP contribution in [-0.2, 0) is 0 Å². The fraction of sp³-hybridized carbons (Fsp3) is 0.294.